The maximum Gasteiger partial charge on any atom is 0.270 e. The largest absolute Gasteiger partial charge is 0.497 e. The Morgan fingerprint density at radius 1 is 1.29 bits per heavy atom. The van der Waals surface area contributed by atoms with E-state index in [1.165, 1.54) is 31.4 Å². The van der Waals surface area contributed by atoms with Gasteiger partial charge < -0.3 is 10.1 Å². The summed E-state index contributed by atoms with van der Waals surface area (Å²) in [7, 11) is 1.50. The summed E-state index contributed by atoms with van der Waals surface area (Å²) in [6, 6.07) is 14.2. The summed E-state index contributed by atoms with van der Waals surface area (Å²) < 4.78 is 5.06. The first-order valence-corrected chi connectivity index (χ1v) is 6.85. The summed E-state index contributed by atoms with van der Waals surface area (Å²) in [5.41, 5.74) is 0.577. The molecule has 0 aliphatic heterocycles. The number of non-ortho nitro benzene ring substituents is 1. The summed E-state index contributed by atoms with van der Waals surface area (Å²) in [6.07, 6.45) is 1.29. The summed E-state index contributed by atoms with van der Waals surface area (Å²) in [6.45, 7) is 0. The Balaban J connectivity index is 2.24. The fraction of sp³-hybridized carbons (Fsp3) is 0.0588. The quantitative estimate of drug-likeness (QED) is 0.394. The van der Waals surface area contributed by atoms with Crippen LogP contribution in [0.2, 0.25) is 0 Å². The molecule has 1 amide bonds. The van der Waals surface area contributed by atoms with Crippen LogP contribution in [0.4, 0.5) is 11.4 Å². The Kier molecular flexibility index (Phi) is 5.26. The van der Waals surface area contributed by atoms with Gasteiger partial charge in [-0.1, -0.05) is 18.2 Å². The van der Waals surface area contributed by atoms with Gasteiger partial charge in [0.15, 0.2) is 0 Å². The van der Waals surface area contributed by atoms with Gasteiger partial charge in [0.1, 0.15) is 17.4 Å². The van der Waals surface area contributed by atoms with Crippen LogP contribution in [0.25, 0.3) is 6.08 Å². The highest BCUT2D eigenvalue weighted by molar-refractivity contribution is 6.09. The van der Waals surface area contributed by atoms with E-state index in [9.17, 15) is 20.2 Å². The van der Waals surface area contributed by atoms with Crippen molar-refractivity contribution in [1.82, 2.24) is 0 Å². The van der Waals surface area contributed by atoms with Gasteiger partial charge in [0.05, 0.1) is 12.0 Å². The molecule has 0 fully saturated rings. The van der Waals surface area contributed by atoms with Crippen molar-refractivity contribution in [2.75, 3.05) is 12.4 Å². The van der Waals surface area contributed by atoms with Crippen LogP contribution in [-0.4, -0.2) is 17.9 Å². The predicted molar refractivity (Wildman–Crippen MR) is 88.3 cm³/mol. The van der Waals surface area contributed by atoms with Crippen molar-refractivity contribution < 1.29 is 14.5 Å². The fourth-order valence-electron chi connectivity index (χ4n) is 1.94. The van der Waals surface area contributed by atoms with E-state index in [0.29, 0.717) is 17.0 Å². The molecule has 24 heavy (non-hydrogen) atoms. The number of nitrogens with one attached hydrogen (secondary N) is 1. The van der Waals surface area contributed by atoms with E-state index in [4.69, 9.17) is 4.74 Å². The third kappa shape index (κ3) is 4.18. The average molecular weight is 323 g/mol. The Bertz CT molecular complexity index is 853. The van der Waals surface area contributed by atoms with E-state index >= 15 is 0 Å². The highest BCUT2D eigenvalue weighted by atomic mass is 16.6. The fourth-order valence-corrected chi connectivity index (χ4v) is 1.94. The molecule has 0 spiro atoms. The monoisotopic (exact) mass is 323 g/mol. The smallest absolute Gasteiger partial charge is 0.270 e. The van der Waals surface area contributed by atoms with Crippen LogP contribution in [0, 0.1) is 21.4 Å². The molecule has 0 aliphatic rings. The maximum atomic E-state index is 12.2. The normalized spacial score (nSPS) is 10.6. The second kappa shape index (κ2) is 7.56. The van der Waals surface area contributed by atoms with Crippen LogP contribution in [-0.2, 0) is 4.79 Å². The number of methoxy groups -OCH3 is 1. The number of hydrogen-bond acceptors (Lipinski definition) is 5. The third-order valence-corrected chi connectivity index (χ3v) is 3.08. The minimum absolute atomic E-state index is 0.116. The number of benzene rings is 2. The van der Waals surface area contributed by atoms with Gasteiger partial charge in [0.2, 0.25) is 0 Å². The molecule has 0 unspecified atom stereocenters. The van der Waals surface area contributed by atoms with E-state index in [1.54, 1.807) is 36.4 Å². The number of carbonyl (C=O) groups is 1. The minimum Gasteiger partial charge on any atom is -0.497 e. The molecule has 7 nitrogen and oxygen atoms in total. The highest BCUT2D eigenvalue weighted by Crippen LogP contribution is 2.19. The zero-order valence-electron chi connectivity index (χ0n) is 12.7. The first kappa shape index (κ1) is 16.7. The molecule has 2 rings (SSSR count). The molecule has 1 N–H and O–H groups in total. The number of ether oxygens (including phenoxy) is 1. The van der Waals surface area contributed by atoms with E-state index in [0.717, 1.165) is 0 Å². The lowest BCUT2D eigenvalue weighted by Crippen LogP contribution is -2.13. The summed E-state index contributed by atoms with van der Waals surface area (Å²) in [5, 5.41) is 22.5. The molecule has 120 valence electrons. The molecule has 0 bridgehead atoms. The molecular weight excluding hydrogens is 310 g/mol. The zero-order valence-corrected chi connectivity index (χ0v) is 12.7. The van der Waals surface area contributed by atoms with E-state index in [-0.39, 0.29) is 11.3 Å². The Labute approximate surface area is 137 Å². The van der Waals surface area contributed by atoms with Crippen molar-refractivity contribution in [3.8, 4) is 11.8 Å². The molecular formula is C17H13N3O4. The molecule has 0 heterocycles. The Morgan fingerprint density at radius 2 is 2.04 bits per heavy atom. The van der Waals surface area contributed by atoms with Crippen LogP contribution < -0.4 is 10.1 Å². The third-order valence-electron chi connectivity index (χ3n) is 3.08. The average Bonchev–Trinajstić information content (AvgIpc) is 2.59. The zero-order chi connectivity index (χ0) is 17.5. The van der Waals surface area contributed by atoms with E-state index < -0.39 is 10.8 Å². The lowest BCUT2D eigenvalue weighted by molar-refractivity contribution is -0.384. The van der Waals surface area contributed by atoms with E-state index in [1.807, 2.05) is 0 Å². The first-order chi connectivity index (χ1) is 11.5. The lowest BCUT2D eigenvalue weighted by Gasteiger charge is -2.06. The second-order valence-corrected chi connectivity index (χ2v) is 4.71. The lowest BCUT2D eigenvalue weighted by atomic mass is 10.1. The van der Waals surface area contributed by atoms with E-state index in [2.05, 4.69) is 5.32 Å². The molecule has 0 saturated heterocycles. The van der Waals surface area contributed by atoms with Crippen LogP contribution >= 0.6 is 0 Å². The van der Waals surface area contributed by atoms with Crippen molar-refractivity contribution in [1.29, 1.82) is 5.26 Å². The number of nitro benzene ring substituents is 1. The van der Waals surface area contributed by atoms with Gasteiger partial charge >= 0.3 is 0 Å². The number of rotatable bonds is 5. The SMILES string of the molecule is COc1cccc(NC(=O)/C(C#N)=C/c2cccc([N+](=O)[O-])c2)c1. The molecule has 0 saturated carbocycles. The van der Waals surface area contributed by atoms with Gasteiger partial charge in [0, 0.05) is 23.9 Å². The number of carbonyl (C=O) groups excluding carboxylic acids is 1. The summed E-state index contributed by atoms with van der Waals surface area (Å²) in [4.78, 5) is 22.4. The number of nitrogens with zero attached hydrogens (tertiary/aromatic N) is 2. The predicted octanol–water partition coefficient (Wildman–Crippen LogP) is 3.15. The molecule has 0 atom stereocenters. The number of anilines is 1. The van der Waals surface area contributed by atoms with Gasteiger partial charge in [-0.3, -0.25) is 14.9 Å². The summed E-state index contributed by atoms with van der Waals surface area (Å²) in [5.74, 6) is -0.0498. The number of hydrogen-bond donors (Lipinski definition) is 1. The van der Waals surface area contributed by atoms with Crippen molar-refractivity contribution >= 4 is 23.4 Å². The van der Waals surface area contributed by atoms with Crippen molar-refractivity contribution in [2.45, 2.75) is 0 Å². The maximum absolute atomic E-state index is 12.2. The first-order valence-electron chi connectivity index (χ1n) is 6.85. The molecule has 0 aromatic heterocycles. The second-order valence-electron chi connectivity index (χ2n) is 4.71. The van der Waals surface area contributed by atoms with Gasteiger partial charge in [-0.15, -0.1) is 0 Å². The summed E-state index contributed by atoms with van der Waals surface area (Å²) >= 11 is 0. The van der Waals surface area contributed by atoms with Gasteiger partial charge in [0.25, 0.3) is 11.6 Å². The number of nitro groups is 1. The standard InChI is InChI=1S/C17H13N3O4/c1-24-16-7-3-5-14(10-16)19-17(21)13(11-18)8-12-4-2-6-15(9-12)20(22)23/h2-10H,1H3,(H,19,21)/b13-8+. The van der Waals surface area contributed by atoms with Gasteiger partial charge in [-0.2, -0.15) is 5.26 Å². The molecule has 0 radical (unpaired) electrons. The minimum atomic E-state index is -0.614. The number of nitriles is 1. The van der Waals surface area contributed by atoms with Crippen molar-refractivity contribution in [2.24, 2.45) is 0 Å². The molecule has 7 heteroatoms. The molecule has 0 aliphatic carbocycles. The van der Waals surface area contributed by atoms with Gasteiger partial charge in [-0.25, -0.2) is 0 Å². The van der Waals surface area contributed by atoms with Crippen molar-refractivity contribution in [3.63, 3.8) is 0 Å². The number of amides is 1. The van der Waals surface area contributed by atoms with Gasteiger partial charge in [-0.05, 0) is 23.8 Å². The van der Waals surface area contributed by atoms with Crippen LogP contribution in [0.15, 0.2) is 54.1 Å². The van der Waals surface area contributed by atoms with Crippen LogP contribution in [0.3, 0.4) is 0 Å². The Hall–Kier alpha value is -3.66. The van der Waals surface area contributed by atoms with Crippen LogP contribution in [0.5, 0.6) is 5.75 Å². The topological polar surface area (TPSA) is 105 Å². The molecule has 2 aromatic carbocycles. The molecule has 2 aromatic rings. The van der Waals surface area contributed by atoms with Crippen molar-refractivity contribution in [3.05, 3.63) is 69.8 Å². The highest BCUT2D eigenvalue weighted by Gasteiger charge is 2.11. The van der Waals surface area contributed by atoms with Crippen LogP contribution in [0.1, 0.15) is 5.56 Å². The Morgan fingerprint density at radius 3 is 2.71 bits per heavy atom.